The Hall–Kier alpha value is -1.84. The molecule has 4 heteroatoms. The third-order valence-electron chi connectivity index (χ3n) is 3.32. The summed E-state index contributed by atoms with van der Waals surface area (Å²) in [7, 11) is 1.73. The molecule has 2 rings (SSSR count). The lowest BCUT2D eigenvalue weighted by atomic mass is 9.83. The zero-order valence-corrected chi connectivity index (χ0v) is 10.2. The van der Waals surface area contributed by atoms with Gasteiger partial charge in [0, 0.05) is 12.7 Å². The van der Waals surface area contributed by atoms with Crippen LogP contribution in [0.2, 0.25) is 0 Å². The lowest BCUT2D eigenvalue weighted by molar-refractivity contribution is -0.128. The minimum Gasteiger partial charge on any atom is -0.399 e. The highest BCUT2D eigenvalue weighted by atomic mass is 16.2. The van der Waals surface area contributed by atoms with Gasteiger partial charge in [-0.2, -0.15) is 0 Å². The monoisotopic (exact) mass is 231 g/mol. The third kappa shape index (κ3) is 2.02. The molecular formula is C13H17N3O. The number of rotatable bonds is 2. The van der Waals surface area contributed by atoms with Gasteiger partial charge in [-0.1, -0.05) is 19.1 Å². The number of carbonyl (C=O) groups excluding carboxylic acids is 1. The molecule has 0 saturated carbocycles. The topological polar surface area (TPSA) is 58.7 Å². The van der Waals surface area contributed by atoms with Gasteiger partial charge in [-0.3, -0.25) is 9.79 Å². The zero-order chi connectivity index (χ0) is 12.5. The molecule has 1 aromatic carbocycles. The van der Waals surface area contributed by atoms with Crippen LogP contribution in [0.15, 0.2) is 29.3 Å². The summed E-state index contributed by atoms with van der Waals surface area (Å²) in [6.07, 6.45) is 2.80. The predicted octanol–water partition coefficient (Wildman–Crippen LogP) is 1.76. The van der Waals surface area contributed by atoms with E-state index in [2.05, 4.69) is 4.99 Å². The van der Waals surface area contributed by atoms with Gasteiger partial charge in [0.15, 0.2) is 0 Å². The number of anilines is 1. The molecule has 0 bridgehead atoms. The van der Waals surface area contributed by atoms with Crippen LogP contribution in [0.1, 0.15) is 25.3 Å². The van der Waals surface area contributed by atoms with Crippen LogP contribution in [0.4, 0.5) is 5.69 Å². The fraction of sp³-hybridized carbons (Fsp3) is 0.385. The molecule has 1 heterocycles. The summed E-state index contributed by atoms with van der Waals surface area (Å²) in [5.41, 5.74) is 7.07. The molecule has 0 saturated heterocycles. The van der Waals surface area contributed by atoms with Gasteiger partial charge in [0.1, 0.15) is 0 Å². The first kappa shape index (κ1) is 11.6. The van der Waals surface area contributed by atoms with Gasteiger partial charge in [-0.05, 0) is 24.1 Å². The fourth-order valence-electron chi connectivity index (χ4n) is 2.11. The van der Waals surface area contributed by atoms with Gasteiger partial charge in [-0.15, -0.1) is 0 Å². The van der Waals surface area contributed by atoms with Crippen LogP contribution in [0.3, 0.4) is 0 Å². The molecule has 0 unspecified atom stereocenters. The minimum absolute atomic E-state index is 0.0873. The van der Waals surface area contributed by atoms with Crippen molar-refractivity contribution in [1.29, 1.82) is 0 Å². The highest BCUT2D eigenvalue weighted by molar-refractivity contribution is 5.90. The Morgan fingerprint density at radius 3 is 2.88 bits per heavy atom. The summed E-state index contributed by atoms with van der Waals surface area (Å²) in [6.45, 7) is 2.04. The molecule has 0 aliphatic carbocycles. The molecule has 1 aliphatic heterocycles. The van der Waals surface area contributed by atoms with Crippen molar-refractivity contribution in [3.63, 3.8) is 0 Å². The number of nitrogens with zero attached hydrogens (tertiary/aromatic N) is 2. The summed E-state index contributed by atoms with van der Waals surface area (Å²) < 4.78 is 0. The minimum atomic E-state index is -0.445. The zero-order valence-electron chi connectivity index (χ0n) is 10.2. The smallest absolute Gasteiger partial charge is 0.230 e. The van der Waals surface area contributed by atoms with E-state index in [-0.39, 0.29) is 5.91 Å². The van der Waals surface area contributed by atoms with Crippen molar-refractivity contribution in [3.05, 3.63) is 29.8 Å². The van der Waals surface area contributed by atoms with Crippen LogP contribution < -0.4 is 5.73 Å². The van der Waals surface area contributed by atoms with Crippen LogP contribution in [-0.4, -0.2) is 24.2 Å². The van der Waals surface area contributed by atoms with Gasteiger partial charge in [0.25, 0.3) is 0 Å². The van der Waals surface area contributed by atoms with E-state index in [1.54, 1.807) is 13.4 Å². The van der Waals surface area contributed by atoms with Crippen LogP contribution in [0.25, 0.3) is 0 Å². The van der Waals surface area contributed by atoms with E-state index in [1.165, 1.54) is 4.90 Å². The molecular weight excluding hydrogens is 214 g/mol. The van der Waals surface area contributed by atoms with E-state index in [1.807, 2.05) is 31.2 Å². The molecule has 4 nitrogen and oxygen atoms in total. The number of nitrogens with two attached hydrogens (primary N) is 1. The summed E-state index contributed by atoms with van der Waals surface area (Å²) in [5, 5.41) is 0. The van der Waals surface area contributed by atoms with E-state index in [9.17, 15) is 4.79 Å². The maximum Gasteiger partial charge on any atom is 0.230 e. The van der Waals surface area contributed by atoms with Crippen LogP contribution in [0, 0.1) is 0 Å². The van der Waals surface area contributed by atoms with Crippen molar-refractivity contribution in [2.24, 2.45) is 4.99 Å². The van der Waals surface area contributed by atoms with E-state index in [4.69, 9.17) is 5.73 Å². The number of benzene rings is 1. The van der Waals surface area contributed by atoms with Crippen molar-refractivity contribution < 1.29 is 4.79 Å². The maximum absolute atomic E-state index is 11.8. The first-order chi connectivity index (χ1) is 8.07. The molecule has 1 aromatic rings. The molecule has 0 radical (unpaired) electrons. The second-order valence-electron chi connectivity index (χ2n) is 4.44. The number of carbonyl (C=O) groups is 1. The van der Waals surface area contributed by atoms with Gasteiger partial charge in [-0.25, -0.2) is 0 Å². The lowest BCUT2D eigenvalue weighted by Gasteiger charge is -2.34. The average molecular weight is 231 g/mol. The molecule has 17 heavy (non-hydrogen) atoms. The lowest BCUT2D eigenvalue weighted by Crippen LogP contribution is -2.39. The Morgan fingerprint density at radius 2 is 2.29 bits per heavy atom. The molecule has 0 fully saturated rings. The van der Waals surface area contributed by atoms with E-state index in [0.29, 0.717) is 12.1 Å². The van der Waals surface area contributed by atoms with Crippen LogP contribution in [-0.2, 0) is 10.3 Å². The van der Waals surface area contributed by atoms with Crippen LogP contribution in [0.5, 0.6) is 0 Å². The number of aliphatic imine (C=N–C) groups is 1. The van der Waals surface area contributed by atoms with E-state index < -0.39 is 5.54 Å². The Bertz CT molecular complexity index is 469. The average Bonchev–Trinajstić information content (AvgIpc) is 2.33. The highest BCUT2D eigenvalue weighted by Crippen LogP contribution is 2.36. The third-order valence-corrected chi connectivity index (χ3v) is 3.32. The van der Waals surface area contributed by atoms with Crippen molar-refractivity contribution in [3.8, 4) is 0 Å². The number of hydrogen-bond acceptors (Lipinski definition) is 3. The molecule has 2 N–H and O–H groups in total. The first-order valence-corrected chi connectivity index (χ1v) is 5.74. The summed E-state index contributed by atoms with van der Waals surface area (Å²) in [6, 6.07) is 7.63. The van der Waals surface area contributed by atoms with Gasteiger partial charge in [0.05, 0.1) is 18.3 Å². The number of nitrogen functional groups attached to an aromatic ring is 1. The maximum atomic E-state index is 11.8. The standard InChI is InChI=1S/C13H17N3O/c1-3-13(8-12(17)16(2)9-15-13)10-5-4-6-11(14)7-10/h4-7,9H,3,8,14H2,1-2H3/t13-/m0/s1. The fourth-order valence-corrected chi connectivity index (χ4v) is 2.11. The van der Waals surface area contributed by atoms with Gasteiger partial charge in [0.2, 0.25) is 5.91 Å². The number of hydrogen-bond donors (Lipinski definition) is 1. The normalized spacial score (nSPS) is 24.1. The molecule has 90 valence electrons. The van der Waals surface area contributed by atoms with E-state index >= 15 is 0 Å². The first-order valence-electron chi connectivity index (χ1n) is 5.74. The van der Waals surface area contributed by atoms with Crippen molar-refractivity contribution in [1.82, 2.24) is 4.90 Å². The molecule has 1 aliphatic rings. The predicted molar refractivity (Wildman–Crippen MR) is 68.7 cm³/mol. The summed E-state index contributed by atoms with van der Waals surface area (Å²) >= 11 is 0. The number of amides is 1. The van der Waals surface area contributed by atoms with Crippen molar-refractivity contribution in [2.75, 3.05) is 12.8 Å². The molecule has 1 atom stereocenters. The molecule has 1 amide bonds. The van der Waals surface area contributed by atoms with Crippen molar-refractivity contribution in [2.45, 2.75) is 25.3 Å². The van der Waals surface area contributed by atoms with Gasteiger partial charge >= 0.3 is 0 Å². The second kappa shape index (κ2) is 4.20. The summed E-state index contributed by atoms with van der Waals surface area (Å²) in [5.74, 6) is 0.0873. The Morgan fingerprint density at radius 1 is 1.53 bits per heavy atom. The Balaban J connectivity index is 2.45. The largest absolute Gasteiger partial charge is 0.399 e. The van der Waals surface area contributed by atoms with Crippen LogP contribution >= 0.6 is 0 Å². The van der Waals surface area contributed by atoms with Gasteiger partial charge < -0.3 is 10.6 Å². The molecule has 0 aromatic heterocycles. The summed E-state index contributed by atoms with van der Waals surface area (Å²) in [4.78, 5) is 17.9. The second-order valence-corrected chi connectivity index (χ2v) is 4.44. The molecule has 0 spiro atoms. The quantitative estimate of drug-likeness (QED) is 0.788. The SMILES string of the molecule is CC[C@@]1(c2cccc(N)c2)CC(=O)N(C)C=N1. The Labute approximate surface area is 101 Å². The Kier molecular flexibility index (Phi) is 2.88. The highest BCUT2D eigenvalue weighted by Gasteiger charge is 2.36. The van der Waals surface area contributed by atoms with E-state index in [0.717, 1.165) is 12.0 Å². The van der Waals surface area contributed by atoms with Crippen molar-refractivity contribution >= 4 is 17.9 Å².